The van der Waals surface area contributed by atoms with Crippen LogP contribution in [0.3, 0.4) is 0 Å². The lowest BCUT2D eigenvalue weighted by molar-refractivity contribution is 0.141. The smallest absolute Gasteiger partial charge is 0.407 e. The van der Waals surface area contributed by atoms with Crippen LogP contribution < -0.4 is 5.32 Å². The summed E-state index contributed by atoms with van der Waals surface area (Å²) in [5.74, 6) is 0. The number of hydrogen-bond donors (Lipinski definition) is 1. The first-order valence-electron chi connectivity index (χ1n) is 7.00. The topological polar surface area (TPSA) is 62.1 Å². The molecule has 0 radical (unpaired) electrons. The van der Waals surface area contributed by atoms with Gasteiger partial charge in [-0.05, 0) is 23.3 Å². The Morgan fingerprint density at radius 1 is 1.26 bits per heavy atom. The van der Waals surface area contributed by atoms with Gasteiger partial charge in [0.05, 0.1) is 10.6 Å². The number of rotatable bonds is 5. The van der Waals surface area contributed by atoms with Crippen molar-refractivity contribution < 1.29 is 9.53 Å². The molecule has 0 bridgehead atoms. The number of alkyl carbamates (subject to hydrolysis) is 1. The molecular formula is C18H15ClN2O2. The third-order valence-electron chi connectivity index (χ3n) is 3.00. The van der Waals surface area contributed by atoms with Crippen LogP contribution >= 0.6 is 11.6 Å². The number of nitriles is 1. The second-order valence-corrected chi connectivity index (χ2v) is 5.10. The van der Waals surface area contributed by atoms with E-state index in [2.05, 4.69) is 5.32 Å². The predicted octanol–water partition coefficient (Wildman–Crippen LogP) is 4.15. The van der Waals surface area contributed by atoms with Crippen molar-refractivity contribution in [2.24, 2.45) is 0 Å². The molecule has 2 aromatic rings. The van der Waals surface area contributed by atoms with E-state index >= 15 is 0 Å². The van der Waals surface area contributed by atoms with Crippen molar-refractivity contribution in [3.05, 3.63) is 76.3 Å². The number of hydrogen-bond acceptors (Lipinski definition) is 3. The van der Waals surface area contributed by atoms with Gasteiger partial charge in [-0.15, -0.1) is 0 Å². The zero-order valence-corrected chi connectivity index (χ0v) is 13.1. The Kier molecular flexibility index (Phi) is 6.22. The van der Waals surface area contributed by atoms with E-state index in [4.69, 9.17) is 21.6 Å². The van der Waals surface area contributed by atoms with E-state index in [1.54, 1.807) is 24.3 Å². The second-order valence-electron chi connectivity index (χ2n) is 4.70. The predicted molar refractivity (Wildman–Crippen MR) is 89.8 cm³/mol. The largest absolute Gasteiger partial charge is 0.445 e. The van der Waals surface area contributed by atoms with E-state index < -0.39 is 6.09 Å². The molecule has 0 unspecified atom stereocenters. The number of amides is 1. The minimum atomic E-state index is -0.476. The third-order valence-corrected chi connectivity index (χ3v) is 3.31. The van der Waals surface area contributed by atoms with Crippen LogP contribution in [0.15, 0.2) is 54.6 Å². The molecule has 0 spiro atoms. The molecule has 2 rings (SSSR count). The highest BCUT2D eigenvalue weighted by atomic mass is 35.5. The lowest BCUT2D eigenvalue weighted by atomic mass is 10.1. The van der Waals surface area contributed by atoms with Gasteiger partial charge in [0.25, 0.3) is 0 Å². The number of ether oxygens (including phenoxy) is 1. The monoisotopic (exact) mass is 326 g/mol. The van der Waals surface area contributed by atoms with Crippen LogP contribution in [-0.4, -0.2) is 12.6 Å². The molecule has 1 N–H and O–H groups in total. The molecule has 0 saturated heterocycles. The average Bonchev–Trinajstić information content (AvgIpc) is 2.58. The van der Waals surface area contributed by atoms with Gasteiger partial charge in [-0.25, -0.2) is 4.79 Å². The van der Waals surface area contributed by atoms with Crippen molar-refractivity contribution in [3.63, 3.8) is 0 Å². The molecule has 0 saturated carbocycles. The lowest BCUT2D eigenvalue weighted by Gasteiger charge is -2.05. The standard InChI is InChI=1S/C18H15ClN2O2/c19-17-11-14(8-9-16(17)12-20)7-4-10-21-18(22)23-13-15-5-2-1-3-6-15/h1-9,11H,10,13H2,(H,21,22). The van der Waals surface area contributed by atoms with Crippen LogP contribution in [-0.2, 0) is 11.3 Å². The maximum absolute atomic E-state index is 11.5. The summed E-state index contributed by atoms with van der Waals surface area (Å²) in [6.07, 6.45) is 3.11. The summed E-state index contributed by atoms with van der Waals surface area (Å²) in [6, 6.07) is 16.6. The van der Waals surface area contributed by atoms with Crippen molar-refractivity contribution in [2.75, 3.05) is 6.54 Å². The van der Waals surface area contributed by atoms with E-state index in [1.807, 2.05) is 42.5 Å². The van der Waals surface area contributed by atoms with Gasteiger partial charge < -0.3 is 10.1 Å². The van der Waals surface area contributed by atoms with Crippen LogP contribution in [0.4, 0.5) is 4.79 Å². The van der Waals surface area contributed by atoms with E-state index in [9.17, 15) is 4.79 Å². The summed E-state index contributed by atoms with van der Waals surface area (Å²) in [6.45, 7) is 0.576. The summed E-state index contributed by atoms with van der Waals surface area (Å²) >= 11 is 5.95. The molecule has 0 heterocycles. The summed E-state index contributed by atoms with van der Waals surface area (Å²) in [5.41, 5.74) is 2.23. The van der Waals surface area contributed by atoms with Crippen LogP contribution in [0.1, 0.15) is 16.7 Å². The highest BCUT2D eigenvalue weighted by Gasteiger charge is 2.01. The van der Waals surface area contributed by atoms with Gasteiger partial charge in [0.2, 0.25) is 0 Å². The fourth-order valence-corrected chi connectivity index (χ4v) is 2.07. The molecule has 0 aliphatic heterocycles. The van der Waals surface area contributed by atoms with E-state index in [1.165, 1.54) is 0 Å². The number of halogens is 1. The summed E-state index contributed by atoms with van der Waals surface area (Å²) in [4.78, 5) is 11.5. The van der Waals surface area contributed by atoms with Crippen LogP contribution in [0.2, 0.25) is 5.02 Å². The molecule has 0 aliphatic carbocycles. The van der Waals surface area contributed by atoms with Crippen molar-refractivity contribution >= 4 is 23.8 Å². The molecule has 0 aliphatic rings. The Labute approximate surface area is 140 Å². The minimum Gasteiger partial charge on any atom is -0.445 e. The summed E-state index contributed by atoms with van der Waals surface area (Å²) in [5, 5.41) is 11.8. The van der Waals surface area contributed by atoms with Gasteiger partial charge in [-0.3, -0.25) is 0 Å². The normalized spacial score (nSPS) is 10.3. The quantitative estimate of drug-likeness (QED) is 0.897. The van der Waals surface area contributed by atoms with Gasteiger partial charge in [0, 0.05) is 6.54 Å². The molecule has 0 aromatic heterocycles. The van der Waals surface area contributed by atoms with Gasteiger partial charge in [-0.1, -0.05) is 60.2 Å². The summed E-state index contributed by atoms with van der Waals surface area (Å²) < 4.78 is 5.09. The molecular weight excluding hydrogens is 312 g/mol. The molecule has 116 valence electrons. The van der Waals surface area contributed by atoms with Crippen LogP contribution in [0.5, 0.6) is 0 Å². The van der Waals surface area contributed by atoms with Gasteiger partial charge in [-0.2, -0.15) is 5.26 Å². The molecule has 23 heavy (non-hydrogen) atoms. The van der Waals surface area contributed by atoms with Gasteiger partial charge in [0.15, 0.2) is 0 Å². The highest BCUT2D eigenvalue weighted by Crippen LogP contribution is 2.17. The van der Waals surface area contributed by atoms with Crippen molar-refractivity contribution in [3.8, 4) is 6.07 Å². The van der Waals surface area contributed by atoms with Crippen molar-refractivity contribution in [2.45, 2.75) is 6.61 Å². The molecule has 0 fully saturated rings. The molecule has 2 aromatic carbocycles. The summed E-state index contributed by atoms with van der Waals surface area (Å²) in [7, 11) is 0. The molecule has 4 nitrogen and oxygen atoms in total. The minimum absolute atomic E-state index is 0.238. The lowest BCUT2D eigenvalue weighted by Crippen LogP contribution is -2.24. The maximum atomic E-state index is 11.5. The van der Waals surface area contributed by atoms with Crippen LogP contribution in [0.25, 0.3) is 6.08 Å². The van der Waals surface area contributed by atoms with E-state index in [0.717, 1.165) is 11.1 Å². The van der Waals surface area contributed by atoms with E-state index in [0.29, 0.717) is 17.1 Å². The van der Waals surface area contributed by atoms with Crippen molar-refractivity contribution in [1.29, 1.82) is 5.26 Å². The Morgan fingerprint density at radius 2 is 2.04 bits per heavy atom. The Bertz CT molecular complexity index is 736. The first-order chi connectivity index (χ1) is 11.2. The Morgan fingerprint density at radius 3 is 2.74 bits per heavy atom. The Balaban J connectivity index is 1.75. The number of nitrogens with one attached hydrogen (secondary N) is 1. The Hall–Kier alpha value is -2.77. The first-order valence-corrected chi connectivity index (χ1v) is 7.37. The van der Waals surface area contributed by atoms with Gasteiger partial charge in [0.1, 0.15) is 12.7 Å². The molecule has 1 amide bonds. The highest BCUT2D eigenvalue weighted by molar-refractivity contribution is 6.31. The number of carbonyl (C=O) groups is 1. The fraction of sp³-hybridized carbons (Fsp3) is 0.111. The second kappa shape index (κ2) is 8.62. The molecule has 5 heteroatoms. The zero-order chi connectivity index (χ0) is 16.5. The zero-order valence-electron chi connectivity index (χ0n) is 12.3. The van der Waals surface area contributed by atoms with Crippen molar-refractivity contribution in [1.82, 2.24) is 5.32 Å². The van der Waals surface area contributed by atoms with Gasteiger partial charge >= 0.3 is 6.09 Å². The average molecular weight is 327 g/mol. The number of benzene rings is 2. The maximum Gasteiger partial charge on any atom is 0.407 e. The first kappa shape index (κ1) is 16.6. The molecule has 0 atom stereocenters. The fourth-order valence-electron chi connectivity index (χ4n) is 1.84. The number of nitrogens with zero attached hydrogens (tertiary/aromatic N) is 1. The van der Waals surface area contributed by atoms with E-state index in [-0.39, 0.29) is 6.61 Å². The SMILES string of the molecule is N#Cc1ccc(C=CCNC(=O)OCc2ccccc2)cc1Cl. The number of carbonyl (C=O) groups excluding carboxylic acids is 1. The van der Waals surface area contributed by atoms with Crippen LogP contribution in [0, 0.1) is 11.3 Å². The third kappa shape index (κ3) is 5.50.